The number of benzene rings is 1. The highest BCUT2D eigenvalue weighted by Gasteiger charge is 2.20. The van der Waals surface area contributed by atoms with E-state index in [1.807, 2.05) is 18.2 Å². The van der Waals surface area contributed by atoms with Crippen LogP contribution in [0.15, 0.2) is 22.7 Å². The molecule has 0 saturated carbocycles. The lowest BCUT2D eigenvalue weighted by Crippen LogP contribution is -2.27. The molecule has 3 nitrogen and oxygen atoms in total. The second kappa shape index (κ2) is 7.12. The second-order valence-electron chi connectivity index (χ2n) is 4.95. The first-order valence-electron chi connectivity index (χ1n) is 6.22. The minimum absolute atomic E-state index is 0.420. The van der Waals surface area contributed by atoms with Crippen molar-refractivity contribution in [2.75, 3.05) is 7.11 Å². The number of aliphatic hydroxyl groups excluding tert-OH is 1. The molecule has 4 heteroatoms. The molecule has 0 spiro atoms. The zero-order valence-electron chi connectivity index (χ0n) is 11.2. The van der Waals surface area contributed by atoms with E-state index in [-0.39, 0.29) is 0 Å². The van der Waals surface area contributed by atoms with Crippen LogP contribution in [0.25, 0.3) is 0 Å². The molecule has 0 aliphatic rings. The maximum Gasteiger partial charge on any atom is 0.123 e. The van der Waals surface area contributed by atoms with E-state index in [2.05, 4.69) is 29.8 Å². The average Bonchev–Trinajstić information content (AvgIpc) is 2.34. The predicted molar refractivity (Wildman–Crippen MR) is 77.7 cm³/mol. The zero-order chi connectivity index (χ0) is 13.7. The lowest BCUT2D eigenvalue weighted by molar-refractivity contribution is 0.127. The SMILES string of the molecule is COc1ccc(Br)cc1[C@H](N)[C@H](O)CCC(C)C. The van der Waals surface area contributed by atoms with E-state index >= 15 is 0 Å². The Morgan fingerprint density at radius 3 is 2.56 bits per heavy atom. The van der Waals surface area contributed by atoms with Gasteiger partial charge in [-0.2, -0.15) is 0 Å². The molecule has 2 atom stereocenters. The number of rotatable bonds is 6. The van der Waals surface area contributed by atoms with Crippen LogP contribution in [-0.2, 0) is 0 Å². The van der Waals surface area contributed by atoms with E-state index in [1.54, 1.807) is 7.11 Å². The third-order valence-corrected chi connectivity index (χ3v) is 3.50. The topological polar surface area (TPSA) is 55.5 Å². The van der Waals surface area contributed by atoms with Crippen LogP contribution in [0.2, 0.25) is 0 Å². The molecule has 1 rings (SSSR count). The summed E-state index contributed by atoms with van der Waals surface area (Å²) in [5, 5.41) is 10.1. The standard InChI is InChI=1S/C14H22BrNO2/c1-9(2)4-6-12(17)14(16)11-8-10(15)5-7-13(11)18-3/h5,7-9,12,14,17H,4,6,16H2,1-3H3/t12-,14+/m1/s1. The summed E-state index contributed by atoms with van der Waals surface area (Å²) in [4.78, 5) is 0. The van der Waals surface area contributed by atoms with Crippen LogP contribution in [0.1, 0.15) is 38.3 Å². The van der Waals surface area contributed by atoms with Crippen molar-refractivity contribution in [1.82, 2.24) is 0 Å². The van der Waals surface area contributed by atoms with E-state index < -0.39 is 12.1 Å². The third kappa shape index (κ3) is 4.26. The van der Waals surface area contributed by atoms with Gasteiger partial charge in [0.2, 0.25) is 0 Å². The van der Waals surface area contributed by atoms with Gasteiger partial charge >= 0.3 is 0 Å². The Balaban J connectivity index is 2.81. The molecule has 1 aromatic rings. The van der Waals surface area contributed by atoms with E-state index in [0.717, 1.165) is 16.5 Å². The Morgan fingerprint density at radius 1 is 1.33 bits per heavy atom. The molecular weight excluding hydrogens is 294 g/mol. The fraction of sp³-hybridized carbons (Fsp3) is 0.571. The zero-order valence-corrected chi connectivity index (χ0v) is 12.8. The summed E-state index contributed by atoms with van der Waals surface area (Å²) in [6.45, 7) is 4.27. The van der Waals surface area contributed by atoms with Crippen molar-refractivity contribution in [3.8, 4) is 5.75 Å². The first kappa shape index (κ1) is 15.5. The number of ether oxygens (including phenoxy) is 1. The van der Waals surface area contributed by atoms with E-state index in [4.69, 9.17) is 10.5 Å². The molecule has 102 valence electrons. The van der Waals surface area contributed by atoms with Crippen LogP contribution >= 0.6 is 15.9 Å². The average molecular weight is 316 g/mol. The van der Waals surface area contributed by atoms with E-state index in [1.165, 1.54) is 0 Å². The van der Waals surface area contributed by atoms with Crippen molar-refractivity contribution < 1.29 is 9.84 Å². The van der Waals surface area contributed by atoms with Crippen molar-refractivity contribution in [2.24, 2.45) is 11.7 Å². The second-order valence-corrected chi connectivity index (χ2v) is 5.87. The minimum atomic E-state index is -0.546. The molecule has 0 fully saturated rings. The fourth-order valence-electron chi connectivity index (χ4n) is 1.86. The molecule has 18 heavy (non-hydrogen) atoms. The number of nitrogens with two attached hydrogens (primary N) is 1. The quantitative estimate of drug-likeness (QED) is 0.847. The van der Waals surface area contributed by atoms with Crippen molar-refractivity contribution >= 4 is 15.9 Å². The van der Waals surface area contributed by atoms with Gasteiger partial charge in [0.05, 0.1) is 19.3 Å². The van der Waals surface area contributed by atoms with Crippen molar-refractivity contribution in [3.05, 3.63) is 28.2 Å². The minimum Gasteiger partial charge on any atom is -0.496 e. The first-order chi connectivity index (χ1) is 8.45. The summed E-state index contributed by atoms with van der Waals surface area (Å²) in [5.74, 6) is 1.28. The molecular formula is C14H22BrNO2. The van der Waals surface area contributed by atoms with Gasteiger partial charge in [0, 0.05) is 10.0 Å². The normalized spacial score (nSPS) is 14.6. The molecule has 0 aliphatic heterocycles. The van der Waals surface area contributed by atoms with Crippen LogP contribution in [0.4, 0.5) is 0 Å². The lowest BCUT2D eigenvalue weighted by Gasteiger charge is -2.22. The highest BCUT2D eigenvalue weighted by molar-refractivity contribution is 9.10. The number of hydrogen-bond acceptors (Lipinski definition) is 3. The summed E-state index contributed by atoms with van der Waals surface area (Å²) in [5.41, 5.74) is 6.96. The summed E-state index contributed by atoms with van der Waals surface area (Å²) in [7, 11) is 1.61. The predicted octanol–water partition coefficient (Wildman–Crippen LogP) is 3.25. The largest absolute Gasteiger partial charge is 0.496 e. The molecule has 1 aromatic carbocycles. The van der Waals surface area contributed by atoms with Gasteiger partial charge in [0.25, 0.3) is 0 Å². The van der Waals surface area contributed by atoms with Gasteiger partial charge in [-0.05, 0) is 37.0 Å². The third-order valence-electron chi connectivity index (χ3n) is 3.01. The summed E-state index contributed by atoms with van der Waals surface area (Å²) in [6.07, 6.45) is 1.12. The maximum absolute atomic E-state index is 10.1. The van der Waals surface area contributed by atoms with Crippen LogP contribution < -0.4 is 10.5 Å². The van der Waals surface area contributed by atoms with Crippen molar-refractivity contribution in [2.45, 2.75) is 38.8 Å². The molecule has 0 radical (unpaired) electrons. The van der Waals surface area contributed by atoms with E-state index in [9.17, 15) is 5.11 Å². The van der Waals surface area contributed by atoms with Gasteiger partial charge in [0.15, 0.2) is 0 Å². The van der Waals surface area contributed by atoms with Crippen LogP contribution in [0.5, 0.6) is 5.75 Å². The maximum atomic E-state index is 10.1. The summed E-state index contributed by atoms with van der Waals surface area (Å²) in [6, 6.07) is 5.24. The van der Waals surface area contributed by atoms with Crippen molar-refractivity contribution in [1.29, 1.82) is 0 Å². The van der Waals surface area contributed by atoms with Gasteiger partial charge in [0.1, 0.15) is 5.75 Å². The fourth-order valence-corrected chi connectivity index (χ4v) is 2.24. The molecule has 0 saturated heterocycles. The van der Waals surface area contributed by atoms with Crippen LogP contribution in [0.3, 0.4) is 0 Å². The monoisotopic (exact) mass is 315 g/mol. The molecule has 0 aromatic heterocycles. The highest BCUT2D eigenvalue weighted by Crippen LogP contribution is 2.30. The summed E-state index contributed by atoms with van der Waals surface area (Å²) >= 11 is 3.41. The van der Waals surface area contributed by atoms with Gasteiger partial charge in [-0.15, -0.1) is 0 Å². The number of hydrogen-bond donors (Lipinski definition) is 2. The molecule has 0 heterocycles. The molecule has 0 unspecified atom stereocenters. The number of aliphatic hydroxyl groups is 1. The molecule has 0 aliphatic carbocycles. The Kier molecular flexibility index (Phi) is 6.12. The van der Waals surface area contributed by atoms with Crippen molar-refractivity contribution in [3.63, 3.8) is 0 Å². The van der Waals surface area contributed by atoms with Gasteiger partial charge < -0.3 is 15.6 Å². The molecule has 0 bridgehead atoms. The van der Waals surface area contributed by atoms with Crippen LogP contribution in [0, 0.1) is 5.92 Å². The van der Waals surface area contributed by atoms with Crippen LogP contribution in [-0.4, -0.2) is 18.3 Å². The summed E-state index contributed by atoms with van der Waals surface area (Å²) < 4.78 is 6.22. The number of halogens is 1. The van der Waals surface area contributed by atoms with Gasteiger partial charge in [-0.25, -0.2) is 0 Å². The van der Waals surface area contributed by atoms with E-state index in [0.29, 0.717) is 18.1 Å². The molecule has 3 N–H and O–H groups in total. The highest BCUT2D eigenvalue weighted by atomic mass is 79.9. The number of methoxy groups -OCH3 is 1. The lowest BCUT2D eigenvalue weighted by atomic mass is 9.95. The first-order valence-corrected chi connectivity index (χ1v) is 7.02. The Morgan fingerprint density at radius 2 is 2.00 bits per heavy atom. The smallest absolute Gasteiger partial charge is 0.123 e. The van der Waals surface area contributed by atoms with Gasteiger partial charge in [-0.1, -0.05) is 29.8 Å². The Hall–Kier alpha value is -0.580. The van der Waals surface area contributed by atoms with Gasteiger partial charge in [-0.3, -0.25) is 0 Å². The molecule has 0 amide bonds. The Labute approximate surface area is 117 Å². The Bertz CT molecular complexity index is 382.